The molecule has 0 radical (unpaired) electrons. The Labute approximate surface area is 106 Å². The van der Waals surface area contributed by atoms with E-state index in [1.165, 1.54) is 0 Å². The van der Waals surface area contributed by atoms with Gasteiger partial charge in [-0.05, 0) is 18.6 Å². The number of nitrogen functional groups attached to an aromatic ring is 1. The van der Waals surface area contributed by atoms with E-state index in [0.717, 1.165) is 17.2 Å². The zero-order valence-corrected chi connectivity index (χ0v) is 11.4. The Morgan fingerprint density at radius 1 is 1.65 bits per heavy atom. The lowest BCUT2D eigenvalue weighted by Crippen LogP contribution is -2.14. The fraction of sp³-hybridized carbons (Fsp3) is 0.700. The summed E-state index contributed by atoms with van der Waals surface area (Å²) in [4.78, 5) is 0. The first-order valence-corrected chi connectivity index (χ1v) is 8.51. The van der Waals surface area contributed by atoms with Crippen LogP contribution in [0, 0.1) is 0 Å². The van der Waals surface area contributed by atoms with Gasteiger partial charge < -0.3 is 5.73 Å². The van der Waals surface area contributed by atoms with Crippen LogP contribution in [0.15, 0.2) is 11.1 Å². The zero-order valence-electron chi connectivity index (χ0n) is 9.80. The van der Waals surface area contributed by atoms with E-state index in [2.05, 4.69) is 12.0 Å². The fourth-order valence-electron chi connectivity index (χ4n) is 1.92. The summed E-state index contributed by atoms with van der Waals surface area (Å²) in [6.07, 6.45) is 1.70. The van der Waals surface area contributed by atoms with Gasteiger partial charge in [-0.1, -0.05) is 6.92 Å². The molecule has 0 aromatic carbocycles. The lowest BCUT2D eigenvalue weighted by atomic mass is 10.3. The minimum atomic E-state index is -2.89. The second-order valence-corrected chi connectivity index (χ2v) is 7.60. The lowest BCUT2D eigenvalue weighted by Gasteiger charge is -2.09. The van der Waals surface area contributed by atoms with Crippen molar-refractivity contribution in [2.24, 2.45) is 0 Å². The van der Waals surface area contributed by atoms with Crippen LogP contribution in [0.3, 0.4) is 0 Å². The lowest BCUT2D eigenvalue weighted by molar-refractivity contribution is 0.498. The maximum absolute atomic E-state index is 11.4. The Morgan fingerprint density at radius 3 is 3.00 bits per heavy atom. The SMILES string of the molecule is CCCSc1cc(N)n(C2CCS(=O)(=O)C2)n1. The highest BCUT2D eigenvalue weighted by Crippen LogP contribution is 2.28. The second-order valence-electron chi connectivity index (χ2n) is 4.26. The van der Waals surface area contributed by atoms with Gasteiger partial charge in [-0.25, -0.2) is 13.1 Å². The number of nitrogens with zero attached hydrogens (tertiary/aromatic N) is 2. The first-order chi connectivity index (χ1) is 8.02. The topological polar surface area (TPSA) is 78.0 Å². The Hall–Kier alpha value is -0.690. The molecule has 1 unspecified atom stereocenters. The van der Waals surface area contributed by atoms with E-state index in [-0.39, 0.29) is 17.5 Å². The molecule has 0 amide bonds. The molecule has 1 aromatic rings. The number of hydrogen-bond donors (Lipinski definition) is 1. The highest BCUT2D eigenvalue weighted by atomic mass is 32.2. The van der Waals surface area contributed by atoms with Crippen LogP contribution < -0.4 is 5.73 Å². The van der Waals surface area contributed by atoms with Gasteiger partial charge in [0.15, 0.2) is 9.84 Å². The summed E-state index contributed by atoms with van der Waals surface area (Å²) in [6, 6.07) is 1.74. The molecule has 1 aliphatic heterocycles. The quantitative estimate of drug-likeness (QED) is 0.839. The van der Waals surface area contributed by atoms with Crippen molar-refractivity contribution in [3.05, 3.63) is 6.07 Å². The van der Waals surface area contributed by atoms with Gasteiger partial charge in [-0.15, -0.1) is 11.8 Å². The predicted molar refractivity (Wildman–Crippen MR) is 70.0 cm³/mol. The maximum Gasteiger partial charge on any atom is 0.152 e. The van der Waals surface area contributed by atoms with E-state index in [1.807, 2.05) is 6.07 Å². The molecule has 7 heteroatoms. The largest absolute Gasteiger partial charge is 0.384 e. The summed E-state index contributed by atoms with van der Waals surface area (Å²) in [5, 5.41) is 5.27. The minimum Gasteiger partial charge on any atom is -0.384 e. The molecule has 0 saturated carbocycles. The Bertz CT molecular complexity index is 496. The molecular weight excluding hydrogens is 258 g/mol. The third-order valence-corrected chi connectivity index (χ3v) is 5.61. The molecule has 5 nitrogen and oxygen atoms in total. The summed E-state index contributed by atoms with van der Waals surface area (Å²) in [5.74, 6) is 1.97. The highest BCUT2D eigenvalue weighted by molar-refractivity contribution is 7.99. The third kappa shape index (κ3) is 2.95. The Balaban J connectivity index is 2.13. The smallest absolute Gasteiger partial charge is 0.152 e. The van der Waals surface area contributed by atoms with Crippen molar-refractivity contribution in [2.45, 2.75) is 30.8 Å². The molecule has 1 atom stereocenters. The average molecular weight is 275 g/mol. The molecular formula is C10H17N3O2S2. The molecule has 17 heavy (non-hydrogen) atoms. The summed E-state index contributed by atoms with van der Waals surface area (Å²) < 4.78 is 24.5. The van der Waals surface area contributed by atoms with Crippen LogP contribution >= 0.6 is 11.8 Å². The molecule has 2 rings (SSSR count). The standard InChI is InChI=1S/C10H17N3O2S2/c1-2-4-16-10-6-9(11)13(12-10)8-3-5-17(14,15)7-8/h6,8H,2-5,7,11H2,1H3. The van der Waals surface area contributed by atoms with Gasteiger partial charge in [0.25, 0.3) is 0 Å². The van der Waals surface area contributed by atoms with Gasteiger partial charge in [0.1, 0.15) is 10.8 Å². The molecule has 1 fully saturated rings. The molecule has 96 valence electrons. The first-order valence-electron chi connectivity index (χ1n) is 5.70. The third-order valence-electron chi connectivity index (χ3n) is 2.75. The molecule has 0 aliphatic carbocycles. The van der Waals surface area contributed by atoms with Gasteiger partial charge in [0.2, 0.25) is 0 Å². The molecule has 0 spiro atoms. The van der Waals surface area contributed by atoms with E-state index < -0.39 is 9.84 Å². The number of thioether (sulfide) groups is 1. The molecule has 2 heterocycles. The van der Waals surface area contributed by atoms with Crippen molar-refractivity contribution in [1.29, 1.82) is 0 Å². The van der Waals surface area contributed by atoms with E-state index in [1.54, 1.807) is 16.4 Å². The molecule has 0 bridgehead atoms. The molecule has 1 aromatic heterocycles. The van der Waals surface area contributed by atoms with Gasteiger partial charge in [0, 0.05) is 6.07 Å². The van der Waals surface area contributed by atoms with Crippen LogP contribution in [-0.4, -0.2) is 35.5 Å². The minimum absolute atomic E-state index is 0.0871. The average Bonchev–Trinajstić information content (AvgIpc) is 2.78. The van der Waals surface area contributed by atoms with E-state index in [4.69, 9.17) is 5.73 Å². The van der Waals surface area contributed by atoms with Crippen LogP contribution in [0.5, 0.6) is 0 Å². The summed E-state index contributed by atoms with van der Waals surface area (Å²) >= 11 is 1.65. The van der Waals surface area contributed by atoms with E-state index >= 15 is 0 Å². The Kier molecular flexibility index (Phi) is 3.67. The van der Waals surface area contributed by atoms with Crippen molar-refractivity contribution in [3.63, 3.8) is 0 Å². The number of rotatable bonds is 4. The van der Waals surface area contributed by atoms with Crippen LogP contribution in [0.25, 0.3) is 0 Å². The molecule has 1 aliphatic rings. The van der Waals surface area contributed by atoms with Gasteiger partial charge >= 0.3 is 0 Å². The van der Waals surface area contributed by atoms with Crippen molar-refractivity contribution in [3.8, 4) is 0 Å². The van der Waals surface area contributed by atoms with Gasteiger partial charge in [-0.3, -0.25) is 0 Å². The van der Waals surface area contributed by atoms with Crippen molar-refractivity contribution < 1.29 is 8.42 Å². The number of anilines is 1. The molecule has 2 N–H and O–H groups in total. The van der Waals surface area contributed by atoms with Gasteiger partial charge in [-0.2, -0.15) is 5.10 Å². The summed E-state index contributed by atoms with van der Waals surface area (Å²) in [7, 11) is -2.89. The first kappa shape index (κ1) is 12.8. The predicted octanol–water partition coefficient (Wildman–Crippen LogP) is 1.33. The number of hydrogen-bond acceptors (Lipinski definition) is 5. The highest BCUT2D eigenvalue weighted by Gasteiger charge is 2.30. The number of aromatic nitrogens is 2. The van der Waals surface area contributed by atoms with Crippen molar-refractivity contribution >= 4 is 27.4 Å². The Morgan fingerprint density at radius 2 is 2.41 bits per heavy atom. The van der Waals surface area contributed by atoms with Crippen LogP contribution in [0.1, 0.15) is 25.8 Å². The summed E-state index contributed by atoms with van der Waals surface area (Å²) in [6.45, 7) is 2.11. The fourth-order valence-corrected chi connectivity index (χ4v) is 4.38. The summed E-state index contributed by atoms with van der Waals surface area (Å²) in [5.41, 5.74) is 5.87. The number of nitrogens with two attached hydrogens (primary N) is 1. The van der Waals surface area contributed by atoms with Gasteiger partial charge in [0.05, 0.1) is 17.5 Å². The van der Waals surface area contributed by atoms with Crippen molar-refractivity contribution in [1.82, 2.24) is 9.78 Å². The van der Waals surface area contributed by atoms with E-state index in [0.29, 0.717) is 12.2 Å². The van der Waals surface area contributed by atoms with Crippen molar-refractivity contribution in [2.75, 3.05) is 23.0 Å². The molecule has 1 saturated heterocycles. The monoisotopic (exact) mass is 275 g/mol. The normalized spacial score (nSPS) is 23.0. The zero-order chi connectivity index (χ0) is 12.5. The second kappa shape index (κ2) is 4.89. The maximum atomic E-state index is 11.4. The van der Waals surface area contributed by atoms with Crippen LogP contribution in [0.2, 0.25) is 0 Å². The number of sulfone groups is 1. The van der Waals surface area contributed by atoms with Crippen LogP contribution in [-0.2, 0) is 9.84 Å². The van der Waals surface area contributed by atoms with E-state index in [9.17, 15) is 8.42 Å². The van der Waals surface area contributed by atoms with Crippen LogP contribution in [0.4, 0.5) is 5.82 Å².